The van der Waals surface area contributed by atoms with Crippen molar-refractivity contribution in [2.24, 2.45) is 5.92 Å². The van der Waals surface area contributed by atoms with Gasteiger partial charge in [0, 0.05) is 16.9 Å². The second-order valence-electron chi connectivity index (χ2n) is 5.92. The molecule has 0 spiro atoms. The number of halogens is 4. The average molecular weight is 398 g/mol. The lowest BCUT2D eigenvalue weighted by Crippen LogP contribution is -2.25. The molecule has 3 rings (SSSR count). The Hall–Kier alpha value is -1.82. The number of amides is 1. The van der Waals surface area contributed by atoms with Crippen LogP contribution in [0.1, 0.15) is 29.0 Å². The fourth-order valence-corrected chi connectivity index (χ4v) is 3.19. The predicted octanol–water partition coefficient (Wildman–Crippen LogP) is 4.89. The molecule has 1 fully saturated rings. The third-order valence-electron chi connectivity index (χ3n) is 4.13. The predicted molar refractivity (Wildman–Crippen MR) is 88.3 cm³/mol. The van der Waals surface area contributed by atoms with Crippen LogP contribution in [0.4, 0.5) is 13.2 Å². The quantitative estimate of drug-likeness (QED) is 0.781. The van der Waals surface area contributed by atoms with Gasteiger partial charge in [-0.25, -0.2) is 0 Å². The molecule has 2 atom stereocenters. The molecule has 1 amide bonds. The molecular formula is C18H15BrF3NO. The highest BCUT2D eigenvalue weighted by molar-refractivity contribution is 9.10. The fourth-order valence-electron chi connectivity index (χ4n) is 2.77. The molecule has 2 unspecified atom stereocenters. The molecule has 2 aromatic rings. The van der Waals surface area contributed by atoms with Crippen molar-refractivity contribution in [3.05, 3.63) is 69.7 Å². The highest BCUT2D eigenvalue weighted by Gasteiger charge is 2.43. The zero-order chi connectivity index (χ0) is 17.3. The van der Waals surface area contributed by atoms with Crippen molar-refractivity contribution in [1.29, 1.82) is 0 Å². The molecule has 0 aromatic heterocycles. The molecule has 1 aliphatic carbocycles. The Morgan fingerprint density at radius 1 is 1.17 bits per heavy atom. The minimum absolute atomic E-state index is 0.102. The lowest BCUT2D eigenvalue weighted by molar-refractivity contribution is -0.137. The largest absolute Gasteiger partial charge is 0.416 e. The van der Waals surface area contributed by atoms with Gasteiger partial charge in [-0.15, -0.1) is 0 Å². The Labute approximate surface area is 146 Å². The maximum Gasteiger partial charge on any atom is 0.416 e. The van der Waals surface area contributed by atoms with E-state index >= 15 is 0 Å². The van der Waals surface area contributed by atoms with Crippen LogP contribution < -0.4 is 5.32 Å². The smallest absolute Gasteiger partial charge is 0.352 e. The third-order valence-corrected chi connectivity index (χ3v) is 4.62. The van der Waals surface area contributed by atoms with Gasteiger partial charge in [0.1, 0.15) is 0 Å². The molecule has 0 saturated heterocycles. The summed E-state index contributed by atoms with van der Waals surface area (Å²) < 4.78 is 39.0. The maximum atomic E-state index is 12.7. The summed E-state index contributed by atoms with van der Waals surface area (Å²) in [6.45, 7) is 0.102. The van der Waals surface area contributed by atoms with Crippen LogP contribution in [0.25, 0.3) is 0 Å². The van der Waals surface area contributed by atoms with E-state index in [0.29, 0.717) is 5.56 Å². The highest BCUT2D eigenvalue weighted by Crippen LogP contribution is 2.48. The summed E-state index contributed by atoms with van der Waals surface area (Å²) >= 11 is 3.41. The van der Waals surface area contributed by atoms with Gasteiger partial charge in [0.2, 0.25) is 5.91 Å². The van der Waals surface area contributed by atoms with Crippen LogP contribution in [-0.2, 0) is 17.5 Å². The Morgan fingerprint density at radius 2 is 1.92 bits per heavy atom. The van der Waals surface area contributed by atoms with E-state index in [2.05, 4.69) is 21.2 Å². The monoisotopic (exact) mass is 397 g/mol. The Bertz CT molecular complexity index is 760. The first-order valence-corrected chi connectivity index (χ1v) is 8.33. The van der Waals surface area contributed by atoms with Gasteiger partial charge in [-0.2, -0.15) is 13.2 Å². The van der Waals surface area contributed by atoms with E-state index in [0.717, 1.165) is 28.6 Å². The Balaban J connectivity index is 1.57. The second kappa shape index (κ2) is 6.59. The molecule has 1 N–H and O–H groups in total. The summed E-state index contributed by atoms with van der Waals surface area (Å²) in [6.07, 6.45) is -3.60. The molecule has 2 nitrogen and oxygen atoms in total. The summed E-state index contributed by atoms with van der Waals surface area (Å²) in [5.41, 5.74) is 0.842. The van der Waals surface area contributed by atoms with E-state index in [1.807, 2.05) is 24.3 Å². The summed E-state index contributed by atoms with van der Waals surface area (Å²) in [4.78, 5) is 12.2. The van der Waals surface area contributed by atoms with Crippen LogP contribution in [0.2, 0.25) is 0 Å². The van der Waals surface area contributed by atoms with Crippen molar-refractivity contribution in [3.63, 3.8) is 0 Å². The number of rotatable bonds is 4. The first kappa shape index (κ1) is 17.0. The number of carbonyl (C=O) groups is 1. The van der Waals surface area contributed by atoms with Crippen LogP contribution in [0, 0.1) is 5.92 Å². The van der Waals surface area contributed by atoms with Gasteiger partial charge in [-0.05, 0) is 47.7 Å². The van der Waals surface area contributed by atoms with Crippen molar-refractivity contribution >= 4 is 21.8 Å². The number of carbonyl (C=O) groups excluding carboxylic acids is 1. The fraction of sp³-hybridized carbons (Fsp3) is 0.278. The number of alkyl halides is 3. The summed E-state index contributed by atoms with van der Waals surface area (Å²) in [7, 11) is 0. The molecular weight excluding hydrogens is 383 g/mol. The van der Waals surface area contributed by atoms with Gasteiger partial charge in [0.25, 0.3) is 0 Å². The first-order valence-electron chi connectivity index (χ1n) is 7.54. The van der Waals surface area contributed by atoms with Crippen molar-refractivity contribution in [2.45, 2.75) is 25.1 Å². The van der Waals surface area contributed by atoms with Crippen LogP contribution in [0.3, 0.4) is 0 Å². The van der Waals surface area contributed by atoms with Crippen LogP contribution in [0.5, 0.6) is 0 Å². The van der Waals surface area contributed by atoms with Crippen LogP contribution in [0.15, 0.2) is 53.0 Å². The number of hydrogen-bond donors (Lipinski definition) is 1. The summed E-state index contributed by atoms with van der Waals surface area (Å²) in [5.74, 6) is -0.0357. The van der Waals surface area contributed by atoms with Crippen molar-refractivity contribution < 1.29 is 18.0 Å². The molecule has 2 aromatic carbocycles. The lowest BCUT2D eigenvalue weighted by atomic mass is 10.1. The lowest BCUT2D eigenvalue weighted by Gasteiger charge is -2.09. The van der Waals surface area contributed by atoms with E-state index < -0.39 is 11.7 Å². The number of nitrogens with one attached hydrogen (secondary N) is 1. The van der Waals surface area contributed by atoms with Crippen molar-refractivity contribution in [2.75, 3.05) is 0 Å². The van der Waals surface area contributed by atoms with E-state index in [1.165, 1.54) is 6.07 Å². The Morgan fingerprint density at radius 3 is 2.62 bits per heavy atom. The minimum Gasteiger partial charge on any atom is -0.352 e. The highest BCUT2D eigenvalue weighted by atomic mass is 79.9. The van der Waals surface area contributed by atoms with Gasteiger partial charge in [0.05, 0.1) is 5.56 Å². The Kier molecular flexibility index (Phi) is 4.67. The van der Waals surface area contributed by atoms with E-state index in [9.17, 15) is 18.0 Å². The summed E-state index contributed by atoms with van der Waals surface area (Å²) in [6, 6.07) is 12.8. The minimum atomic E-state index is -4.37. The van der Waals surface area contributed by atoms with E-state index in [-0.39, 0.29) is 24.3 Å². The SMILES string of the molecule is O=C(NCc1cccc(C(F)(F)F)c1)C1CC1c1cccc(Br)c1. The zero-order valence-corrected chi connectivity index (χ0v) is 14.2. The van der Waals surface area contributed by atoms with Gasteiger partial charge < -0.3 is 5.32 Å². The normalized spacial score (nSPS) is 19.8. The van der Waals surface area contributed by atoms with Gasteiger partial charge in [-0.3, -0.25) is 4.79 Å². The third kappa shape index (κ3) is 3.98. The van der Waals surface area contributed by atoms with Crippen LogP contribution >= 0.6 is 15.9 Å². The summed E-state index contributed by atoms with van der Waals surface area (Å²) in [5, 5.41) is 2.74. The molecule has 126 valence electrons. The van der Waals surface area contributed by atoms with Crippen molar-refractivity contribution in [1.82, 2.24) is 5.32 Å². The van der Waals surface area contributed by atoms with E-state index in [4.69, 9.17) is 0 Å². The van der Waals surface area contributed by atoms with Gasteiger partial charge in [0.15, 0.2) is 0 Å². The molecule has 0 heterocycles. The first-order chi connectivity index (χ1) is 11.3. The molecule has 1 aliphatic rings. The topological polar surface area (TPSA) is 29.1 Å². The molecule has 1 saturated carbocycles. The molecule has 24 heavy (non-hydrogen) atoms. The maximum absolute atomic E-state index is 12.7. The number of hydrogen-bond acceptors (Lipinski definition) is 1. The standard InChI is InChI=1S/C18H15BrF3NO/c19-14-6-2-4-12(8-14)15-9-16(15)17(24)23-10-11-3-1-5-13(7-11)18(20,21)22/h1-8,15-16H,9-10H2,(H,23,24). The average Bonchev–Trinajstić information content (AvgIpc) is 3.33. The van der Waals surface area contributed by atoms with E-state index in [1.54, 1.807) is 6.07 Å². The molecule has 6 heteroatoms. The molecule has 0 bridgehead atoms. The molecule has 0 aliphatic heterocycles. The zero-order valence-electron chi connectivity index (χ0n) is 12.6. The van der Waals surface area contributed by atoms with Crippen molar-refractivity contribution in [3.8, 4) is 0 Å². The molecule has 0 radical (unpaired) electrons. The van der Waals surface area contributed by atoms with Crippen LogP contribution in [-0.4, -0.2) is 5.91 Å². The van der Waals surface area contributed by atoms with Gasteiger partial charge in [-0.1, -0.05) is 40.2 Å². The van der Waals surface area contributed by atoms with Gasteiger partial charge >= 0.3 is 6.18 Å². The second-order valence-corrected chi connectivity index (χ2v) is 6.84. The number of benzene rings is 2.